The van der Waals surface area contributed by atoms with Gasteiger partial charge in [0.2, 0.25) is 6.79 Å². The summed E-state index contributed by atoms with van der Waals surface area (Å²) in [5.74, 6) is 2.00. The number of rotatable bonds is 7. The van der Waals surface area contributed by atoms with E-state index in [-0.39, 0.29) is 12.8 Å². The largest absolute Gasteiger partial charge is 0.454 e. The van der Waals surface area contributed by atoms with Gasteiger partial charge < -0.3 is 15.2 Å². The number of likely N-dealkylation sites (N-methyl/N-ethyl adjacent to an activating group) is 1. The van der Waals surface area contributed by atoms with Crippen molar-refractivity contribution >= 4 is 11.6 Å². The Morgan fingerprint density at radius 3 is 2.71 bits per heavy atom. The van der Waals surface area contributed by atoms with Gasteiger partial charge in [0.15, 0.2) is 11.5 Å². The molecule has 2 N–H and O–H groups in total. The molecule has 1 aromatic carbocycles. The van der Waals surface area contributed by atoms with E-state index in [9.17, 15) is 0 Å². The molecule has 1 aliphatic heterocycles. The number of ether oxygens (including phenoxy) is 2. The van der Waals surface area contributed by atoms with E-state index in [0.29, 0.717) is 23.2 Å². The Kier molecular flexibility index (Phi) is 5.73. The van der Waals surface area contributed by atoms with Gasteiger partial charge in [-0.2, -0.15) is 0 Å². The van der Waals surface area contributed by atoms with Crippen LogP contribution in [0.4, 0.5) is 0 Å². The number of nitrogens with zero attached hydrogens (tertiary/aromatic N) is 1. The molecular weight excluding hydrogens is 288 g/mol. The summed E-state index contributed by atoms with van der Waals surface area (Å²) in [6.45, 7) is 9.42. The number of halogens is 1. The van der Waals surface area contributed by atoms with Crippen LogP contribution in [0.25, 0.3) is 0 Å². The molecule has 1 heterocycles. The zero-order valence-corrected chi connectivity index (χ0v) is 13.8. The highest BCUT2D eigenvalue weighted by Gasteiger charge is 2.24. The standard InChI is InChI=1S/C16H25ClN2O2/c1-4-11(3)9-19(5-2)14(8-18)12-6-13(17)16-15(7-12)20-10-21-16/h6-7,11,14H,4-5,8-10,18H2,1-3H3. The predicted molar refractivity (Wildman–Crippen MR) is 86.1 cm³/mol. The number of nitrogens with two attached hydrogens (primary N) is 1. The fourth-order valence-corrected chi connectivity index (χ4v) is 2.96. The topological polar surface area (TPSA) is 47.7 Å². The maximum atomic E-state index is 6.29. The molecule has 0 saturated heterocycles. The molecule has 2 atom stereocenters. The maximum absolute atomic E-state index is 6.29. The highest BCUT2D eigenvalue weighted by molar-refractivity contribution is 6.32. The van der Waals surface area contributed by atoms with E-state index < -0.39 is 0 Å². The molecular formula is C16H25ClN2O2. The van der Waals surface area contributed by atoms with Crippen LogP contribution < -0.4 is 15.2 Å². The van der Waals surface area contributed by atoms with Gasteiger partial charge in [-0.15, -0.1) is 0 Å². The van der Waals surface area contributed by atoms with Crippen LogP contribution in [0.1, 0.15) is 38.8 Å². The Labute approximate surface area is 132 Å². The minimum Gasteiger partial charge on any atom is -0.454 e. The van der Waals surface area contributed by atoms with Crippen LogP contribution in [0.15, 0.2) is 12.1 Å². The summed E-state index contributed by atoms with van der Waals surface area (Å²) < 4.78 is 10.8. The number of fused-ring (bicyclic) bond motifs is 1. The van der Waals surface area contributed by atoms with Crippen LogP contribution in [0.2, 0.25) is 5.02 Å². The van der Waals surface area contributed by atoms with E-state index in [4.69, 9.17) is 26.8 Å². The molecule has 5 heteroatoms. The monoisotopic (exact) mass is 312 g/mol. The minimum atomic E-state index is 0.149. The van der Waals surface area contributed by atoms with E-state index in [0.717, 1.165) is 30.8 Å². The summed E-state index contributed by atoms with van der Waals surface area (Å²) in [5.41, 5.74) is 7.13. The van der Waals surface area contributed by atoms with E-state index in [1.165, 1.54) is 0 Å². The average Bonchev–Trinajstić information content (AvgIpc) is 2.95. The molecule has 0 bridgehead atoms. The molecule has 1 aromatic rings. The Bertz CT molecular complexity index is 482. The van der Waals surface area contributed by atoms with Crippen molar-refractivity contribution in [1.29, 1.82) is 0 Å². The molecule has 0 saturated carbocycles. The van der Waals surface area contributed by atoms with Gasteiger partial charge >= 0.3 is 0 Å². The second-order valence-electron chi connectivity index (χ2n) is 5.59. The highest BCUT2D eigenvalue weighted by Crippen LogP contribution is 2.41. The third kappa shape index (κ3) is 3.62. The zero-order chi connectivity index (χ0) is 15.4. The summed E-state index contributed by atoms with van der Waals surface area (Å²) in [5, 5.41) is 0.595. The van der Waals surface area contributed by atoms with Gasteiger partial charge in [0.05, 0.1) is 5.02 Å². The van der Waals surface area contributed by atoms with Gasteiger partial charge in [-0.3, -0.25) is 4.90 Å². The Hall–Kier alpha value is -0.970. The van der Waals surface area contributed by atoms with Crippen LogP contribution >= 0.6 is 11.6 Å². The molecule has 4 nitrogen and oxygen atoms in total. The van der Waals surface area contributed by atoms with E-state index >= 15 is 0 Å². The second-order valence-corrected chi connectivity index (χ2v) is 6.00. The fourth-order valence-electron chi connectivity index (χ4n) is 2.68. The lowest BCUT2D eigenvalue weighted by atomic mass is 10.0. The molecule has 0 fully saturated rings. The van der Waals surface area contributed by atoms with Crippen molar-refractivity contribution in [3.05, 3.63) is 22.7 Å². The van der Waals surface area contributed by atoms with Crippen molar-refractivity contribution in [2.24, 2.45) is 11.7 Å². The van der Waals surface area contributed by atoms with Gasteiger partial charge in [-0.05, 0) is 30.2 Å². The van der Waals surface area contributed by atoms with Crippen molar-refractivity contribution in [1.82, 2.24) is 4.90 Å². The van der Waals surface area contributed by atoms with Crippen LogP contribution in [0.3, 0.4) is 0 Å². The van der Waals surface area contributed by atoms with Crippen LogP contribution in [0, 0.1) is 5.92 Å². The lowest BCUT2D eigenvalue weighted by molar-refractivity contribution is 0.173. The molecule has 118 valence electrons. The third-order valence-electron chi connectivity index (χ3n) is 4.15. The summed E-state index contributed by atoms with van der Waals surface area (Å²) in [6, 6.07) is 4.10. The Morgan fingerprint density at radius 2 is 2.10 bits per heavy atom. The Morgan fingerprint density at radius 1 is 1.33 bits per heavy atom. The predicted octanol–water partition coefficient (Wildman–Crippen LogP) is 3.44. The molecule has 2 rings (SSSR count). The minimum absolute atomic E-state index is 0.149. The molecule has 0 amide bonds. The summed E-state index contributed by atoms with van der Waals surface area (Å²) in [4.78, 5) is 2.40. The van der Waals surface area contributed by atoms with Crippen LogP contribution in [-0.4, -0.2) is 31.3 Å². The van der Waals surface area contributed by atoms with E-state index in [2.05, 4.69) is 25.7 Å². The summed E-state index contributed by atoms with van der Waals surface area (Å²) in [7, 11) is 0. The Balaban J connectivity index is 2.25. The summed E-state index contributed by atoms with van der Waals surface area (Å²) in [6.07, 6.45) is 1.16. The van der Waals surface area contributed by atoms with E-state index in [1.54, 1.807) is 0 Å². The smallest absolute Gasteiger partial charge is 0.231 e. The molecule has 0 aliphatic carbocycles. The lowest BCUT2D eigenvalue weighted by Crippen LogP contribution is -2.36. The van der Waals surface area contributed by atoms with Gasteiger partial charge in [0, 0.05) is 19.1 Å². The van der Waals surface area contributed by atoms with Crippen LogP contribution in [0.5, 0.6) is 11.5 Å². The first-order valence-corrected chi connectivity index (χ1v) is 8.01. The van der Waals surface area contributed by atoms with E-state index in [1.807, 2.05) is 12.1 Å². The highest BCUT2D eigenvalue weighted by atomic mass is 35.5. The van der Waals surface area contributed by atoms with Crippen molar-refractivity contribution in [3.63, 3.8) is 0 Å². The maximum Gasteiger partial charge on any atom is 0.231 e. The molecule has 0 aromatic heterocycles. The van der Waals surface area contributed by atoms with Crippen molar-refractivity contribution in [2.75, 3.05) is 26.4 Å². The molecule has 0 radical (unpaired) electrons. The first-order chi connectivity index (χ1) is 10.1. The van der Waals surface area contributed by atoms with Gasteiger partial charge in [0.25, 0.3) is 0 Å². The molecule has 0 spiro atoms. The van der Waals surface area contributed by atoms with Crippen molar-refractivity contribution in [3.8, 4) is 11.5 Å². The number of hydrogen-bond donors (Lipinski definition) is 1. The molecule has 2 unspecified atom stereocenters. The van der Waals surface area contributed by atoms with Gasteiger partial charge in [-0.1, -0.05) is 38.8 Å². The third-order valence-corrected chi connectivity index (χ3v) is 4.43. The van der Waals surface area contributed by atoms with Gasteiger partial charge in [-0.25, -0.2) is 0 Å². The normalized spacial score (nSPS) is 16.3. The van der Waals surface area contributed by atoms with Crippen LogP contribution in [-0.2, 0) is 0 Å². The quantitative estimate of drug-likeness (QED) is 0.838. The number of hydrogen-bond acceptors (Lipinski definition) is 4. The number of benzene rings is 1. The van der Waals surface area contributed by atoms with Crippen molar-refractivity contribution in [2.45, 2.75) is 33.2 Å². The molecule has 21 heavy (non-hydrogen) atoms. The first kappa shape index (κ1) is 16.4. The van der Waals surface area contributed by atoms with Gasteiger partial charge in [0.1, 0.15) is 0 Å². The first-order valence-electron chi connectivity index (χ1n) is 7.63. The fraction of sp³-hybridized carbons (Fsp3) is 0.625. The molecule has 1 aliphatic rings. The van der Waals surface area contributed by atoms with Crippen molar-refractivity contribution < 1.29 is 9.47 Å². The summed E-state index contributed by atoms with van der Waals surface area (Å²) >= 11 is 6.29. The lowest BCUT2D eigenvalue weighted by Gasteiger charge is -2.32. The second kappa shape index (κ2) is 7.34. The SMILES string of the molecule is CCC(C)CN(CC)C(CN)c1cc(Cl)c2c(c1)OCO2. The zero-order valence-electron chi connectivity index (χ0n) is 13.1. The average molecular weight is 313 g/mol.